The molecule has 0 amide bonds. The van der Waals surface area contributed by atoms with E-state index in [9.17, 15) is 8.78 Å². The first-order valence-electron chi connectivity index (χ1n) is 9.13. The number of hydrogen-bond donors (Lipinski definition) is 2. The largest absolute Gasteiger partial charge is 0.394 e. The number of nitrogens with zero attached hydrogens (tertiary/aromatic N) is 3. The Morgan fingerprint density at radius 1 is 1.14 bits per heavy atom. The van der Waals surface area contributed by atoms with Gasteiger partial charge in [-0.2, -0.15) is 0 Å². The van der Waals surface area contributed by atoms with Gasteiger partial charge < -0.3 is 11.5 Å². The van der Waals surface area contributed by atoms with E-state index in [1.807, 2.05) is 13.8 Å². The van der Waals surface area contributed by atoms with Crippen LogP contribution in [-0.2, 0) is 6.42 Å². The fraction of sp³-hybridized carbons (Fsp3) is 0.350. The monoisotopic (exact) mass is 425 g/mol. The van der Waals surface area contributed by atoms with Gasteiger partial charge in [0.25, 0.3) is 0 Å². The maximum Gasteiger partial charge on any atom is 0.175 e. The number of rotatable bonds is 7. The summed E-state index contributed by atoms with van der Waals surface area (Å²) in [5.74, 6) is -3.12. The van der Waals surface area contributed by atoms with Gasteiger partial charge in [-0.15, -0.1) is 0 Å². The molecular weight excluding hydrogens is 403 g/mol. The summed E-state index contributed by atoms with van der Waals surface area (Å²) in [6.45, 7) is 8.97. The van der Waals surface area contributed by atoms with E-state index in [0.29, 0.717) is 25.1 Å². The lowest BCUT2D eigenvalue weighted by atomic mass is 9.99. The van der Waals surface area contributed by atoms with Gasteiger partial charge in [0.05, 0.1) is 21.8 Å². The van der Waals surface area contributed by atoms with Gasteiger partial charge in [-0.3, -0.25) is 9.98 Å². The SMILES string of the molecule is C=Nc1c(F)c(-c2c(F)c(N)c(F)c(C)c2Cl)nc(CCC)c1C(N)=NCCC. The molecule has 0 aliphatic heterocycles. The van der Waals surface area contributed by atoms with Crippen molar-refractivity contribution < 1.29 is 13.2 Å². The maximum atomic E-state index is 15.4. The molecule has 1 heterocycles. The van der Waals surface area contributed by atoms with Gasteiger partial charge in [-0.05, 0) is 26.5 Å². The second kappa shape index (κ2) is 9.26. The summed E-state index contributed by atoms with van der Waals surface area (Å²) in [6, 6.07) is 0. The van der Waals surface area contributed by atoms with Gasteiger partial charge in [-0.1, -0.05) is 31.9 Å². The number of pyridine rings is 1. The summed E-state index contributed by atoms with van der Waals surface area (Å²) in [5.41, 5.74) is 10.2. The molecule has 0 radical (unpaired) electrons. The molecular formula is C20H23ClF3N5. The van der Waals surface area contributed by atoms with Crippen LogP contribution in [0.15, 0.2) is 9.98 Å². The van der Waals surface area contributed by atoms with Gasteiger partial charge in [0.15, 0.2) is 17.5 Å². The van der Waals surface area contributed by atoms with Crippen molar-refractivity contribution in [1.29, 1.82) is 0 Å². The average Bonchev–Trinajstić information content (AvgIpc) is 2.70. The smallest absolute Gasteiger partial charge is 0.175 e. The Hall–Kier alpha value is -2.61. The van der Waals surface area contributed by atoms with Crippen LogP contribution in [0.4, 0.5) is 24.5 Å². The number of hydrogen-bond acceptors (Lipinski definition) is 4. The van der Waals surface area contributed by atoms with Crippen molar-refractivity contribution in [2.75, 3.05) is 12.3 Å². The zero-order valence-electron chi connectivity index (χ0n) is 16.5. The number of anilines is 1. The van der Waals surface area contributed by atoms with Crippen molar-refractivity contribution in [3.8, 4) is 11.3 Å². The topological polar surface area (TPSA) is 89.6 Å². The van der Waals surface area contributed by atoms with E-state index < -0.39 is 34.4 Å². The summed E-state index contributed by atoms with van der Waals surface area (Å²) in [5, 5.41) is -0.321. The first-order chi connectivity index (χ1) is 13.7. The van der Waals surface area contributed by atoms with Gasteiger partial charge in [0, 0.05) is 12.1 Å². The van der Waals surface area contributed by atoms with Crippen molar-refractivity contribution >= 4 is 35.5 Å². The lowest BCUT2D eigenvalue weighted by molar-refractivity contribution is 0.584. The molecule has 0 aliphatic carbocycles. The van der Waals surface area contributed by atoms with Crippen molar-refractivity contribution in [3.05, 3.63) is 39.3 Å². The predicted molar refractivity (Wildman–Crippen MR) is 113 cm³/mol. The van der Waals surface area contributed by atoms with Gasteiger partial charge in [0.2, 0.25) is 0 Å². The summed E-state index contributed by atoms with van der Waals surface area (Å²) < 4.78 is 44.2. The Morgan fingerprint density at radius 2 is 1.79 bits per heavy atom. The van der Waals surface area contributed by atoms with Crippen LogP contribution in [0.3, 0.4) is 0 Å². The number of aromatic nitrogens is 1. The summed E-state index contributed by atoms with van der Waals surface area (Å²) >= 11 is 6.14. The lowest BCUT2D eigenvalue weighted by Crippen LogP contribution is -2.19. The van der Waals surface area contributed by atoms with E-state index >= 15 is 4.39 Å². The van der Waals surface area contributed by atoms with E-state index in [2.05, 4.69) is 21.7 Å². The molecule has 5 nitrogen and oxygen atoms in total. The first-order valence-corrected chi connectivity index (χ1v) is 9.51. The Bertz CT molecular complexity index is 960. The Morgan fingerprint density at radius 3 is 2.34 bits per heavy atom. The Labute approximate surface area is 172 Å². The highest BCUT2D eigenvalue weighted by atomic mass is 35.5. The molecule has 0 saturated heterocycles. The molecule has 9 heteroatoms. The molecule has 4 N–H and O–H groups in total. The average molecular weight is 426 g/mol. The number of nitrogen functional groups attached to an aromatic ring is 1. The number of aryl methyl sites for hydroxylation is 1. The van der Waals surface area contributed by atoms with E-state index in [1.165, 1.54) is 6.92 Å². The van der Waals surface area contributed by atoms with Crippen molar-refractivity contribution in [2.24, 2.45) is 15.7 Å². The number of amidine groups is 1. The molecule has 1 aromatic carbocycles. The lowest BCUT2D eigenvalue weighted by Gasteiger charge is -2.17. The quantitative estimate of drug-likeness (QED) is 0.367. The number of halogens is 4. The molecule has 0 fully saturated rings. The van der Waals surface area contributed by atoms with Crippen LogP contribution in [0.25, 0.3) is 11.3 Å². The van der Waals surface area contributed by atoms with Gasteiger partial charge in [-0.25, -0.2) is 18.2 Å². The van der Waals surface area contributed by atoms with Crippen LogP contribution in [0.1, 0.15) is 43.5 Å². The fourth-order valence-electron chi connectivity index (χ4n) is 2.93. The molecule has 156 valence electrons. The third-order valence-electron chi connectivity index (χ3n) is 4.40. The van der Waals surface area contributed by atoms with E-state index in [4.69, 9.17) is 23.1 Å². The summed E-state index contributed by atoms with van der Waals surface area (Å²) in [4.78, 5) is 12.2. The molecule has 2 rings (SSSR count). The third kappa shape index (κ3) is 4.07. The van der Waals surface area contributed by atoms with Crippen LogP contribution >= 0.6 is 11.6 Å². The van der Waals surface area contributed by atoms with Crippen molar-refractivity contribution in [2.45, 2.75) is 40.0 Å². The van der Waals surface area contributed by atoms with Crippen LogP contribution in [0.2, 0.25) is 5.02 Å². The molecule has 0 spiro atoms. The normalized spacial score (nSPS) is 11.8. The fourth-order valence-corrected chi connectivity index (χ4v) is 3.19. The highest BCUT2D eigenvalue weighted by Gasteiger charge is 2.28. The Kier molecular flexibility index (Phi) is 7.24. The summed E-state index contributed by atoms with van der Waals surface area (Å²) in [7, 11) is 0. The minimum Gasteiger partial charge on any atom is -0.394 e. The summed E-state index contributed by atoms with van der Waals surface area (Å²) in [6.07, 6.45) is 1.77. The number of nitrogens with two attached hydrogens (primary N) is 2. The van der Waals surface area contributed by atoms with Crippen molar-refractivity contribution in [1.82, 2.24) is 4.98 Å². The van der Waals surface area contributed by atoms with E-state index in [1.54, 1.807) is 0 Å². The second-order valence-electron chi connectivity index (χ2n) is 6.48. The molecule has 2 aromatic rings. The molecule has 0 aliphatic rings. The van der Waals surface area contributed by atoms with E-state index in [-0.39, 0.29) is 27.7 Å². The molecule has 0 saturated carbocycles. The molecule has 0 unspecified atom stereocenters. The minimum absolute atomic E-state index is 0.0667. The standard InChI is InChI=1S/C20H23ClF3N5/c1-5-7-10-11(20(26)28-8-6-2)18(27-4)16(24)19(29-10)12-13(21)9(3)14(22)17(25)15(12)23/h4-8,25H2,1-3H3,(H2,26,28). The van der Waals surface area contributed by atoms with Gasteiger partial charge >= 0.3 is 0 Å². The van der Waals surface area contributed by atoms with Crippen LogP contribution < -0.4 is 11.5 Å². The predicted octanol–water partition coefficient (Wildman–Crippen LogP) is 5.11. The highest BCUT2D eigenvalue weighted by Crippen LogP contribution is 2.41. The zero-order valence-corrected chi connectivity index (χ0v) is 17.3. The second-order valence-corrected chi connectivity index (χ2v) is 6.85. The highest BCUT2D eigenvalue weighted by molar-refractivity contribution is 6.34. The molecule has 29 heavy (non-hydrogen) atoms. The molecule has 0 bridgehead atoms. The third-order valence-corrected chi connectivity index (χ3v) is 4.87. The van der Waals surface area contributed by atoms with Crippen LogP contribution in [0.5, 0.6) is 0 Å². The van der Waals surface area contributed by atoms with Crippen molar-refractivity contribution in [3.63, 3.8) is 0 Å². The minimum atomic E-state index is -1.19. The zero-order chi connectivity index (χ0) is 21.9. The van der Waals surface area contributed by atoms with E-state index in [0.717, 1.165) is 6.42 Å². The number of aliphatic imine (C=N–C) groups is 2. The number of benzene rings is 1. The van der Waals surface area contributed by atoms with Crippen LogP contribution in [0, 0.1) is 24.4 Å². The Balaban J connectivity index is 2.94. The molecule has 1 aromatic heterocycles. The maximum absolute atomic E-state index is 15.4. The van der Waals surface area contributed by atoms with Gasteiger partial charge in [0.1, 0.15) is 22.9 Å². The van der Waals surface area contributed by atoms with Crippen LogP contribution in [-0.4, -0.2) is 24.1 Å². The molecule has 0 atom stereocenters. The first kappa shape index (κ1) is 22.7.